The van der Waals surface area contributed by atoms with Crippen LogP contribution in [0.4, 0.5) is 5.69 Å². The zero-order valence-corrected chi connectivity index (χ0v) is 14.4. The minimum Gasteiger partial charge on any atom is -0.493 e. The lowest BCUT2D eigenvalue weighted by molar-refractivity contribution is 0.0697. The molecule has 0 aliphatic carbocycles. The molecule has 0 atom stereocenters. The van der Waals surface area contributed by atoms with Gasteiger partial charge in [0, 0.05) is 0 Å². The maximum Gasteiger partial charge on any atom is 0.335 e. The predicted octanol–water partition coefficient (Wildman–Crippen LogP) is 4.02. The Morgan fingerprint density at radius 1 is 1.20 bits per heavy atom. The zero-order valence-electron chi connectivity index (χ0n) is 14.4. The van der Waals surface area contributed by atoms with Crippen LogP contribution >= 0.6 is 0 Å². The number of ether oxygens (including phenoxy) is 2. The van der Waals surface area contributed by atoms with Gasteiger partial charge in [-0.15, -0.1) is 0 Å². The second kappa shape index (κ2) is 9.32. The van der Waals surface area contributed by atoms with E-state index in [1.54, 1.807) is 25.5 Å². The molecule has 0 aromatic heterocycles. The number of aromatic carboxylic acids is 1. The van der Waals surface area contributed by atoms with Crippen LogP contribution in [0.15, 0.2) is 47.6 Å². The van der Waals surface area contributed by atoms with Gasteiger partial charge >= 0.3 is 5.97 Å². The molecule has 25 heavy (non-hydrogen) atoms. The van der Waals surface area contributed by atoms with Gasteiger partial charge < -0.3 is 14.6 Å². The van der Waals surface area contributed by atoms with Crippen LogP contribution < -0.4 is 14.9 Å². The Balaban J connectivity index is 1.99. The molecule has 0 amide bonds. The molecular weight excluding hydrogens is 320 g/mol. The normalized spacial score (nSPS) is 10.6. The lowest BCUT2D eigenvalue weighted by atomic mass is 10.2. The first-order chi connectivity index (χ1) is 12.1. The Kier molecular flexibility index (Phi) is 6.83. The first-order valence-electron chi connectivity index (χ1n) is 8.07. The quantitative estimate of drug-likeness (QED) is 0.409. The van der Waals surface area contributed by atoms with Gasteiger partial charge in [-0.1, -0.05) is 13.3 Å². The molecule has 0 radical (unpaired) electrons. The van der Waals surface area contributed by atoms with Crippen molar-refractivity contribution in [2.75, 3.05) is 19.1 Å². The van der Waals surface area contributed by atoms with Crippen molar-refractivity contribution in [2.24, 2.45) is 5.10 Å². The molecule has 0 saturated carbocycles. The van der Waals surface area contributed by atoms with Crippen LogP contribution in [0.5, 0.6) is 11.5 Å². The van der Waals surface area contributed by atoms with Gasteiger partial charge in [-0.05, 0) is 54.4 Å². The number of hydrazone groups is 1. The van der Waals surface area contributed by atoms with Gasteiger partial charge in [-0.2, -0.15) is 5.10 Å². The highest BCUT2D eigenvalue weighted by Gasteiger charge is 2.05. The van der Waals surface area contributed by atoms with Crippen LogP contribution in [-0.4, -0.2) is 31.0 Å². The topological polar surface area (TPSA) is 80.2 Å². The largest absolute Gasteiger partial charge is 0.493 e. The number of hydrogen-bond donors (Lipinski definition) is 2. The minimum absolute atomic E-state index is 0.234. The molecule has 132 valence electrons. The number of anilines is 1. The molecule has 6 heteroatoms. The molecule has 2 rings (SSSR count). The first-order valence-corrected chi connectivity index (χ1v) is 8.07. The van der Waals surface area contributed by atoms with Crippen molar-refractivity contribution >= 4 is 17.9 Å². The van der Waals surface area contributed by atoms with Gasteiger partial charge in [0.2, 0.25) is 0 Å². The Morgan fingerprint density at radius 3 is 2.60 bits per heavy atom. The van der Waals surface area contributed by atoms with Gasteiger partial charge in [-0.25, -0.2) is 4.79 Å². The molecule has 2 aromatic carbocycles. The lowest BCUT2D eigenvalue weighted by Crippen LogP contribution is -1.99. The van der Waals surface area contributed by atoms with E-state index in [4.69, 9.17) is 14.6 Å². The second-order valence-corrected chi connectivity index (χ2v) is 5.36. The molecule has 0 bridgehead atoms. The molecule has 0 aliphatic rings. The van der Waals surface area contributed by atoms with Crippen LogP contribution in [0.3, 0.4) is 0 Å². The van der Waals surface area contributed by atoms with Crippen molar-refractivity contribution in [1.82, 2.24) is 0 Å². The molecule has 2 aromatic rings. The maximum atomic E-state index is 10.8. The van der Waals surface area contributed by atoms with Crippen molar-refractivity contribution in [2.45, 2.75) is 19.8 Å². The van der Waals surface area contributed by atoms with Crippen LogP contribution in [0.1, 0.15) is 35.7 Å². The number of carboxylic acids is 1. The number of carbonyl (C=O) groups is 1. The average Bonchev–Trinajstić information content (AvgIpc) is 2.63. The summed E-state index contributed by atoms with van der Waals surface area (Å²) >= 11 is 0. The highest BCUT2D eigenvalue weighted by atomic mass is 16.5. The summed E-state index contributed by atoms with van der Waals surface area (Å²) in [7, 11) is 1.60. The van der Waals surface area contributed by atoms with Gasteiger partial charge in [-0.3, -0.25) is 5.43 Å². The zero-order chi connectivity index (χ0) is 18.1. The highest BCUT2D eigenvalue weighted by Crippen LogP contribution is 2.27. The summed E-state index contributed by atoms with van der Waals surface area (Å²) in [4.78, 5) is 10.8. The Labute approximate surface area is 147 Å². The van der Waals surface area contributed by atoms with Crippen LogP contribution in [0.2, 0.25) is 0 Å². The third-order valence-electron chi connectivity index (χ3n) is 3.48. The molecule has 0 heterocycles. The number of rotatable bonds is 9. The van der Waals surface area contributed by atoms with Crippen molar-refractivity contribution in [3.8, 4) is 11.5 Å². The van der Waals surface area contributed by atoms with E-state index in [0.29, 0.717) is 23.8 Å². The highest BCUT2D eigenvalue weighted by molar-refractivity contribution is 5.88. The first kappa shape index (κ1) is 18.3. The van der Waals surface area contributed by atoms with Crippen LogP contribution in [-0.2, 0) is 0 Å². The molecule has 0 fully saturated rings. The predicted molar refractivity (Wildman–Crippen MR) is 98.0 cm³/mol. The fourth-order valence-electron chi connectivity index (χ4n) is 2.08. The van der Waals surface area contributed by atoms with E-state index in [-0.39, 0.29) is 5.56 Å². The minimum atomic E-state index is -0.955. The van der Waals surface area contributed by atoms with E-state index in [2.05, 4.69) is 17.5 Å². The van der Waals surface area contributed by atoms with Crippen molar-refractivity contribution in [3.63, 3.8) is 0 Å². The molecular formula is C19H22N2O4. The monoisotopic (exact) mass is 342 g/mol. The standard InChI is InChI=1S/C19H22N2O4/c1-3-4-11-25-17-10-5-14(12-18(17)24-2)13-20-21-16-8-6-15(7-9-16)19(22)23/h5-10,12-13,21H,3-4,11H2,1-2H3,(H,22,23)/b20-13-. The summed E-state index contributed by atoms with van der Waals surface area (Å²) in [6, 6.07) is 12.0. The Morgan fingerprint density at radius 2 is 1.96 bits per heavy atom. The fraction of sp³-hybridized carbons (Fsp3) is 0.263. The van der Waals surface area contributed by atoms with E-state index in [0.717, 1.165) is 18.4 Å². The van der Waals surface area contributed by atoms with Crippen molar-refractivity contribution < 1.29 is 19.4 Å². The second-order valence-electron chi connectivity index (χ2n) is 5.36. The number of hydrogen-bond acceptors (Lipinski definition) is 5. The number of methoxy groups -OCH3 is 1. The Hall–Kier alpha value is -3.02. The number of nitrogens with zero attached hydrogens (tertiary/aromatic N) is 1. The molecule has 0 saturated heterocycles. The smallest absolute Gasteiger partial charge is 0.335 e. The molecule has 0 spiro atoms. The summed E-state index contributed by atoms with van der Waals surface area (Å²) in [6.45, 7) is 2.77. The summed E-state index contributed by atoms with van der Waals surface area (Å²) in [5.41, 5.74) is 4.65. The van der Waals surface area contributed by atoms with E-state index >= 15 is 0 Å². The van der Waals surface area contributed by atoms with Crippen molar-refractivity contribution in [1.29, 1.82) is 0 Å². The maximum absolute atomic E-state index is 10.8. The van der Waals surface area contributed by atoms with E-state index in [1.165, 1.54) is 12.1 Å². The SMILES string of the molecule is CCCCOc1ccc(/C=N\Nc2ccc(C(=O)O)cc2)cc1OC. The number of carboxylic acid groups (broad SMARTS) is 1. The van der Waals surface area contributed by atoms with Gasteiger partial charge in [0.15, 0.2) is 11.5 Å². The summed E-state index contributed by atoms with van der Waals surface area (Å²) < 4.78 is 11.0. The lowest BCUT2D eigenvalue weighted by Gasteiger charge is -2.10. The molecule has 0 unspecified atom stereocenters. The van der Waals surface area contributed by atoms with Gasteiger partial charge in [0.25, 0.3) is 0 Å². The third-order valence-corrected chi connectivity index (χ3v) is 3.48. The van der Waals surface area contributed by atoms with Gasteiger partial charge in [0.1, 0.15) is 0 Å². The number of benzene rings is 2. The molecule has 0 aliphatic heterocycles. The van der Waals surface area contributed by atoms with Gasteiger partial charge in [0.05, 0.1) is 31.2 Å². The summed E-state index contributed by atoms with van der Waals surface area (Å²) in [5, 5.41) is 13.0. The number of nitrogens with one attached hydrogen (secondary N) is 1. The number of unbranched alkanes of at least 4 members (excludes halogenated alkanes) is 1. The summed E-state index contributed by atoms with van der Waals surface area (Å²) in [5.74, 6) is 0.416. The van der Waals surface area contributed by atoms with E-state index in [1.807, 2.05) is 18.2 Å². The Bertz CT molecular complexity index is 727. The van der Waals surface area contributed by atoms with Crippen molar-refractivity contribution in [3.05, 3.63) is 53.6 Å². The third kappa shape index (κ3) is 5.53. The summed E-state index contributed by atoms with van der Waals surface area (Å²) in [6.07, 6.45) is 3.73. The van der Waals surface area contributed by atoms with E-state index in [9.17, 15) is 4.79 Å². The molecule has 2 N–H and O–H groups in total. The fourth-order valence-corrected chi connectivity index (χ4v) is 2.08. The van der Waals surface area contributed by atoms with Crippen LogP contribution in [0.25, 0.3) is 0 Å². The van der Waals surface area contributed by atoms with E-state index < -0.39 is 5.97 Å². The molecule has 6 nitrogen and oxygen atoms in total. The average molecular weight is 342 g/mol. The van der Waals surface area contributed by atoms with Crippen LogP contribution in [0, 0.1) is 0 Å².